The Balaban J connectivity index is 0.000001000. The van der Waals surface area contributed by atoms with E-state index in [2.05, 4.69) is 15.9 Å². The van der Waals surface area contributed by atoms with Crippen molar-refractivity contribution in [1.82, 2.24) is 0 Å². The average Bonchev–Trinajstić information content (AvgIpc) is 1.84. The molecule has 1 aromatic heterocycles. The van der Waals surface area contributed by atoms with Crippen LogP contribution in [0.5, 0.6) is 0 Å². The topological polar surface area (TPSA) is 53.0 Å². The highest BCUT2D eigenvalue weighted by atomic mass is 79.9. The largest absolute Gasteiger partial charge is 0.711 e. The number of hydrogen-bond acceptors (Lipinski definition) is 2. The zero-order valence-corrected chi connectivity index (χ0v) is 8.28. The van der Waals surface area contributed by atoms with Crippen LogP contribution in [-0.2, 0) is 0 Å². The summed E-state index contributed by atoms with van der Waals surface area (Å²) in [5, 5.41) is 10.8. The molecule has 1 rings (SSSR count). The fourth-order valence-electron chi connectivity index (χ4n) is 0.634. The van der Waals surface area contributed by atoms with E-state index in [4.69, 9.17) is 5.73 Å². The fourth-order valence-corrected chi connectivity index (χ4v) is 0.934. The highest BCUT2D eigenvalue weighted by Gasteiger charge is 2.00. The van der Waals surface area contributed by atoms with Crippen molar-refractivity contribution < 1.29 is 4.73 Å². The van der Waals surface area contributed by atoms with Gasteiger partial charge in [-0.1, -0.05) is 0 Å². The Morgan fingerprint density at radius 1 is 1.64 bits per heavy atom. The Hall–Kier alpha value is -0.480. The molecule has 0 bridgehead atoms. The highest BCUT2D eigenvalue weighted by molar-refractivity contribution is 9.10. The molecule has 0 fully saturated rings. The van der Waals surface area contributed by atoms with Crippen LogP contribution in [0.3, 0.4) is 0 Å². The van der Waals surface area contributed by atoms with Crippen LogP contribution in [0.2, 0.25) is 0 Å². The zero-order valence-electron chi connectivity index (χ0n) is 5.87. The van der Waals surface area contributed by atoms with Gasteiger partial charge in [-0.15, -0.1) is 12.4 Å². The lowest BCUT2D eigenvalue weighted by Gasteiger charge is -2.05. The minimum absolute atomic E-state index is 0. The van der Waals surface area contributed by atoms with E-state index >= 15 is 0 Å². The molecule has 3 nitrogen and oxygen atoms in total. The van der Waals surface area contributed by atoms with E-state index < -0.39 is 0 Å². The molecule has 0 saturated heterocycles. The van der Waals surface area contributed by atoms with Gasteiger partial charge in [-0.05, 0) is 28.4 Å². The fraction of sp³-hybridized carbons (Fsp3) is 0.167. The number of aromatic nitrogens is 1. The maximum absolute atomic E-state index is 10.8. The molecule has 1 aromatic rings. The summed E-state index contributed by atoms with van der Waals surface area (Å²) in [7, 11) is 0. The Morgan fingerprint density at radius 3 is 2.64 bits per heavy atom. The van der Waals surface area contributed by atoms with Gasteiger partial charge in [0.2, 0.25) is 0 Å². The number of anilines is 1. The lowest BCUT2D eigenvalue weighted by molar-refractivity contribution is -0.590. The second-order valence-electron chi connectivity index (χ2n) is 2.06. The van der Waals surface area contributed by atoms with Crippen molar-refractivity contribution in [2.45, 2.75) is 6.92 Å². The van der Waals surface area contributed by atoms with Crippen LogP contribution in [0.15, 0.2) is 16.7 Å². The molecule has 0 aromatic carbocycles. The zero-order chi connectivity index (χ0) is 7.72. The molecule has 0 saturated carbocycles. The molecule has 5 heteroatoms. The number of pyridine rings is 1. The lowest BCUT2D eigenvalue weighted by Crippen LogP contribution is -2.30. The van der Waals surface area contributed by atoms with Crippen molar-refractivity contribution in [3.8, 4) is 0 Å². The first kappa shape index (κ1) is 10.5. The lowest BCUT2D eigenvalue weighted by atomic mass is 10.3. The van der Waals surface area contributed by atoms with E-state index in [1.165, 1.54) is 6.20 Å². The maximum Gasteiger partial charge on any atom is 0.275 e. The first-order valence-corrected chi connectivity index (χ1v) is 3.55. The number of rotatable bonds is 0. The molecular weight excluding hydrogens is 231 g/mol. The van der Waals surface area contributed by atoms with Gasteiger partial charge in [-0.2, -0.15) is 0 Å². The van der Waals surface area contributed by atoms with E-state index in [-0.39, 0.29) is 18.2 Å². The van der Waals surface area contributed by atoms with Crippen LogP contribution >= 0.6 is 28.3 Å². The molecular formula is C6H8BrClN2O. The van der Waals surface area contributed by atoms with E-state index in [0.717, 1.165) is 10.0 Å². The summed E-state index contributed by atoms with van der Waals surface area (Å²) >= 11 is 3.20. The van der Waals surface area contributed by atoms with Crippen LogP contribution in [0, 0.1) is 12.1 Å². The quantitative estimate of drug-likeness (QED) is 0.549. The molecule has 62 valence electrons. The van der Waals surface area contributed by atoms with E-state index in [0.29, 0.717) is 4.73 Å². The number of nitrogen functional groups attached to an aromatic ring is 1. The second kappa shape index (κ2) is 3.78. The third-order valence-electron chi connectivity index (χ3n) is 1.23. The Kier molecular flexibility index (Phi) is 3.62. The van der Waals surface area contributed by atoms with Gasteiger partial charge in [-0.3, -0.25) is 5.73 Å². The normalized spacial score (nSPS) is 8.91. The van der Waals surface area contributed by atoms with Crippen molar-refractivity contribution in [1.29, 1.82) is 0 Å². The van der Waals surface area contributed by atoms with Crippen LogP contribution in [-0.4, -0.2) is 0 Å². The molecule has 2 N–H and O–H groups in total. The maximum atomic E-state index is 10.8. The Bertz CT molecular complexity index is 217. The summed E-state index contributed by atoms with van der Waals surface area (Å²) in [5.41, 5.74) is 6.28. The second-order valence-corrected chi connectivity index (χ2v) is 2.91. The third kappa shape index (κ3) is 2.24. The predicted octanol–water partition coefficient (Wildman–Crippen LogP) is 1.39. The van der Waals surface area contributed by atoms with E-state index in [1.807, 2.05) is 6.92 Å². The smallest absolute Gasteiger partial charge is 0.275 e. The first-order chi connectivity index (χ1) is 4.61. The Morgan fingerprint density at radius 2 is 2.18 bits per heavy atom. The number of aryl methyl sites for hydroxylation is 1. The molecule has 0 spiro atoms. The average molecular weight is 240 g/mol. The molecule has 0 atom stereocenters. The van der Waals surface area contributed by atoms with E-state index in [9.17, 15) is 5.21 Å². The van der Waals surface area contributed by atoms with Crippen LogP contribution in [0.25, 0.3) is 0 Å². The van der Waals surface area contributed by atoms with Gasteiger partial charge in [0.1, 0.15) is 6.20 Å². The van der Waals surface area contributed by atoms with Crippen molar-refractivity contribution in [3.63, 3.8) is 0 Å². The summed E-state index contributed by atoms with van der Waals surface area (Å²) in [4.78, 5) is 0. The van der Waals surface area contributed by atoms with Gasteiger partial charge in [0.05, 0.1) is 4.47 Å². The monoisotopic (exact) mass is 238 g/mol. The summed E-state index contributed by atoms with van der Waals surface area (Å²) in [6, 6.07) is 1.62. The van der Waals surface area contributed by atoms with Crippen molar-refractivity contribution in [3.05, 3.63) is 27.5 Å². The van der Waals surface area contributed by atoms with Gasteiger partial charge in [0, 0.05) is 6.07 Å². The first-order valence-electron chi connectivity index (χ1n) is 2.76. The van der Waals surface area contributed by atoms with Crippen LogP contribution in [0.4, 0.5) is 5.82 Å². The summed E-state index contributed by atoms with van der Waals surface area (Å²) < 4.78 is 1.40. The number of halogens is 2. The Labute approximate surface area is 79.3 Å². The summed E-state index contributed by atoms with van der Waals surface area (Å²) in [5.74, 6) is 0.223. The highest BCUT2D eigenvalue weighted by Crippen LogP contribution is 2.13. The molecule has 0 aliphatic heterocycles. The minimum atomic E-state index is 0. The number of nitrogens with zero attached hydrogens (tertiary/aromatic N) is 1. The SMILES string of the molecule is Cc1cc(N)[n+]([O-])cc1Br.Cl. The molecule has 0 amide bonds. The van der Waals surface area contributed by atoms with Gasteiger partial charge in [0.15, 0.2) is 0 Å². The molecule has 1 heterocycles. The summed E-state index contributed by atoms with van der Waals surface area (Å²) in [6.45, 7) is 1.88. The molecule has 0 unspecified atom stereocenters. The van der Waals surface area contributed by atoms with Crippen molar-refractivity contribution in [2.24, 2.45) is 0 Å². The van der Waals surface area contributed by atoms with Crippen molar-refractivity contribution >= 4 is 34.2 Å². The molecule has 0 aliphatic rings. The van der Waals surface area contributed by atoms with Gasteiger partial charge >= 0.3 is 0 Å². The standard InChI is InChI=1S/C6H7BrN2O.ClH/c1-4-2-6(8)9(10)3-5(4)7;/h2-3H,8H2,1H3;1H. The van der Waals surface area contributed by atoms with Crippen LogP contribution in [0.1, 0.15) is 5.56 Å². The van der Waals surface area contributed by atoms with Crippen LogP contribution < -0.4 is 10.5 Å². The summed E-state index contributed by atoms with van der Waals surface area (Å²) in [6.07, 6.45) is 1.39. The van der Waals surface area contributed by atoms with Gasteiger partial charge < -0.3 is 5.21 Å². The van der Waals surface area contributed by atoms with Gasteiger partial charge in [-0.25, -0.2) is 4.73 Å². The van der Waals surface area contributed by atoms with E-state index in [1.54, 1.807) is 6.07 Å². The van der Waals surface area contributed by atoms with Gasteiger partial charge in [0.25, 0.3) is 5.82 Å². The molecule has 11 heavy (non-hydrogen) atoms. The predicted molar refractivity (Wildman–Crippen MR) is 49.5 cm³/mol. The molecule has 0 radical (unpaired) electrons. The third-order valence-corrected chi connectivity index (χ3v) is 2.06. The molecule has 0 aliphatic carbocycles. The number of hydrogen-bond donors (Lipinski definition) is 1. The van der Waals surface area contributed by atoms with Crippen molar-refractivity contribution in [2.75, 3.05) is 5.73 Å². The number of nitrogens with two attached hydrogens (primary N) is 1. The minimum Gasteiger partial charge on any atom is -0.711 e.